The van der Waals surface area contributed by atoms with E-state index in [1.165, 1.54) is 38.4 Å². The predicted molar refractivity (Wildman–Crippen MR) is 121 cm³/mol. The summed E-state index contributed by atoms with van der Waals surface area (Å²) in [6.45, 7) is -0.257. The SMILES string of the molecule is COc1ccc(NC(=O)COc2ccc(N(C)S(=O)(=O)c3ccc(F)cc3)cc2)cc1Cl. The van der Waals surface area contributed by atoms with Crippen LogP contribution in [-0.4, -0.2) is 35.1 Å². The second kappa shape index (κ2) is 9.88. The second-order valence-electron chi connectivity index (χ2n) is 6.61. The number of methoxy groups -OCH3 is 1. The Morgan fingerprint density at radius 1 is 1.06 bits per heavy atom. The number of ether oxygens (including phenoxy) is 2. The third-order valence-corrected chi connectivity index (χ3v) is 6.57. The molecule has 0 aromatic heterocycles. The van der Waals surface area contributed by atoms with Crippen molar-refractivity contribution < 1.29 is 27.1 Å². The van der Waals surface area contributed by atoms with Crippen molar-refractivity contribution in [3.63, 3.8) is 0 Å². The van der Waals surface area contributed by atoms with Crippen molar-refractivity contribution in [3.8, 4) is 11.5 Å². The van der Waals surface area contributed by atoms with Gasteiger partial charge in [0.15, 0.2) is 6.61 Å². The van der Waals surface area contributed by atoms with Crippen LogP contribution in [0, 0.1) is 5.82 Å². The van der Waals surface area contributed by atoms with E-state index in [4.69, 9.17) is 21.1 Å². The minimum absolute atomic E-state index is 0.0305. The van der Waals surface area contributed by atoms with E-state index in [-0.39, 0.29) is 11.5 Å². The predicted octanol–water partition coefficient (Wildman–Crippen LogP) is 4.33. The van der Waals surface area contributed by atoms with Crippen molar-refractivity contribution in [3.05, 3.63) is 77.6 Å². The summed E-state index contributed by atoms with van der Waals surface area (Å²) < 4.78 is 50.0. The van der Waals surface area contributed by atoms with Gasteiger partial charge in [0, 0.05) is 12.7 Å². The minimum atomic E-state index is -3.85. The van der Waals surface area contributed by atoms with Crippen LogP contribution in [0.4, 0.5) is 15.8 Å². The molecule has 0 aliphatic heterocycles. The number of hydrogen-bond acceptors (Lipinski definition) is 5. The average molecular weight is 479 g/mol. The highest BCUT2D eigenvalue weighted by Crippen LogP contribution is 2.27. The monoisotopic (exact) mass is 478 g/mol. The number of nitrogens with zero attached hydrogens (tertiary/aromatic N) is 1. The molecule has 0 saturated carbocycles. The van der Waals surface area contributed by atoms with Crippen LogP contribution in [0.3, 0.4) is 0 Å². The number of hydrogen-bond donors (Lipinski definition) is 1. The molecule has 10 heteroatoms. The zero-order chi connectivity index (χ0) is 23.3. The zero-order valence-electron chi connectivity index (χ0n) is 17.2. The van der Waals surface area contributed by atoms with Crippen LogP contribution in [0.15, 0.2) is 71.6 Å². The van der Waals surface area contributed by atoms with Crippen molar-refractivity contribution in [2.75, 3.05) is 30.4 Å². The lowest BCUT2D eigenvalue weighted by Gasteiger charge is -2.20. The van der Waals surface area contributed by atoms with Crippen LogP contribution in [0.5, 0.6) is 11.5 Å². The number of anilines is 2. The Hall–Kier alpha value is -3.30. The molecule has 3 rings (SSSR count). The Bertz CT molecular complexity index is 1200. The van der Waals surface area contributed by atoms with Crippen LogP contribution in [0.2, 0.25) is 5.02 Å². The zero-order valence-corrected chi connectivity index (χ0v) is 18.8. The van der Waals surface area contributed by atoms with E-state index in [9.17, 15) is 17.6 Å². The molecule has 0 spiro atoms. The number of sulfonamides is 1. The fourth-order valence-electron chi connectivity index (χ4n) is 2.75. The lowest BCUT2D eigenvalue weighted by molar-refractivity contribution is -0.118. The third kappa shape index (κ3) is 5.49. The number of amides is 1. The van der Waals surface area contributed by atoms with Crippen molar-refractivity contribution in [2.45, 2.75) is 4.90 Å². The molecule has 7 nitrogen and oxygen atoms in total. The molecule has 1 amide bonds. The topological polar surface area (TPSA) is 84.9 Å². The Kier molecular flexibility index (Phi) is 7.22. The first-order chi connectivity index (χ1) is 15.2. The molecule has 0 fully saturated rings. The summed E-state index contributed by atoms with van der Waals surface area (Å²) in [5, 5.41) is 3.02. The van der Waals surface area contributed by atoms with E-state index in [1.54, 1.807) is 30.3 Å². The molecule has 168 valence electrons. The van der Waals surface area contributed by atoms with Crippen LogP contribution < -0.4 is 19.1 Å². The molecule has 1 N–H and O–H groups in total. The van der Waals surface area contributed by atoms with Gasteiger partial charge in [0.05, 0.1) is 22.7 Å². The Balaban J connectivity index is 1.60. The molecule has 0 saturated heterocycles. The van der Waals surface area contributed by atoms with Crippen molar-refractivity contribution in [1.29, 1.82) is 0 Å². The number of rotatable bonds is 8. The summed E-state index contributed by atoms with van der Waals surface area (Å²) in [7, 11) is -0.963. The molecule has 0 aliphatic carbocycles. The average Bonchev–Trinajstić information content (AvgIpc) is 2.78. The molecule has 3 aromatic carbocycles. The number of carbonyl (C=O) groups is 1. The van der Waals surface area contributed by atoms with Gasteiger partial charge in [0.25, 0.3) is 15.9 Å². The first-order valence-corrected chi connectivity index (χ1v) is 11.1. The Labute approximate surface area is 190 Å². The quantitative estimate of drug-likeness (QED) is 0.521. The van der Waals surface area contributed by atoms with Gasteiger partial charge in [-0.2, -0.15) is 0 Å². The lowest BCUT2D eigenvalue weighted by atomic mass is 10.3. The second-order valence-corrected chi connectivity index (χ2v) is 8.98. The molecule has 0 radical (unpaired) electrons. The number of benzene rings is 3. The van der Waals surface area contributed by atoms with E-state index in [1.807, 2.05) is 0 Å². The highest BCUT2D eigenvalue weighted by Gasteiger charge is 2.21. The van der Waals surface area contributed by atoms with Gasteiger partial charge in [-0.25, -0.2) is 12.8 Å². The number of halogens is 2. The molecule has 0 unspecified atom stereocenters. The highest BCUT2D eigenvalue weighted by atomic mass is 35.5. The summed E-state index contributed by atoms with van der Waals surface area (Å²) in [5.41, 5.74) is 0.867. The third-order valence-electron chi connectivity index (χ3n) is 4.48. The van der Waals surface area contributed by atoms with Crippen molar-refractivity contribution >= 4 is 38.9 Å². The van der Waals surface area contributed by atoms with Gasteiger partial charge in [-0.15, -0.1) is 0 Å². The Morgan fingerprint density at radius 3 is 2.31 bits per heavy atom. The maximum absolute atomic E-state index is 13.1. The van der Waals surface area contributed by atoms with Crippen LogP contribution in [0.25, 0.3) is 0 Å². The smallest absolute Gasteiger partial charge is 0.264 e. The molecule has 3 aromatic rings. The van der Waals surface area contributed by atoms with Crippen LogP contribution >= 0.6 is 11.6 Å². The fraction of sp³-hybridized carbons (Fsp3) is 0.136. The number of nitrogens with one attached hydrogen (secondary N) is 1. The maximum atomic E-state index is 13.1. The molecule has 0 atom stereocenters. The van der Waals surface area contributed by atoms with Crippen molar-refractivity contribution in [1.82, 2.24) is 0 Å². The molecule has 0 heterocycles. The van der Waals surface area contributed by atoms with Crippen molar-refractivity contribution in [2.24, 2.45) is 0 Å². The first-order valence-electron chi connectivity index (χ1n) is 9.31. The molecule has 0 bridgehead atoms. The van der Waals surface area contributed by atoms with E-state index in [2.05, 4.69) is 5.32 Å². The van der Waals surface area contributed by atoms with Gasteiger partial charge in [0.1, 0.15) is 17.3 Å². The van der Waals surface area contributed by atoms with Crippen LogP contribution in [0.1, 0.15) is 0 Å². The summed E-state index contributed by atoms with van der Waals surface area (Å²) >= 11 is 6.03. The summed E-state index contributed by atoms with van der Waals surface area (Å²) in [6, 6.07) is 15.6. The highest BCUT2D eigenvalue weighted by molar-refractivity contribution is 7.92. The minimum Gasteiger partial charge on any atom is -0.495 e. The molecule has 32 heavy (non-hydrogen) atoms. The maximum Gasteiger partial charge on any atom is 0.264 e. The standard InChI is InChI=1S/C22H20ClFN2O5S/c1-26(32(28,29)19-10-3-15(24)4-11-19)17-6-8-18(9-7-17)31-14-22(27)25-16-5-12-21(30-2)20(23)13-16/h3-13H,14H2,1-2H3,(H,25,27). The van der Waals surface area contributed by atoms with Gasteiger partial charge in [0.2, 0.25) is 0 Å². The van der Waals surface area contributed by atoms with Gasteiger partial charge < -0.3 is 14.8 Å². The molecular formula is C22H20ClFN2O5S. The van der Waals surface area contributed by atoms with E-state index >= 15 is 0 Å². The summed E-state index contributed by atoms with van der Waals surface area (Å²) in [5.74, 6) is -0.0461. The van der Waals surface area contributed by atoms with Gasteiger partial charge in [-0.3, -0.25) is 9.10 Å². The van der Waals surface area contributed by atoms with Gasteiger partial charge in [-0.1, -0.05) is 11.6 Å². The molecular weight excluding hydrogens is 459 g/mol. The van der Waals surface area contributed by atoms with Gasteiger partial charge >= 0.3 is 0 Å². The van der Waals surface area contributed by atoms with E-state index < -0.39 is 21.7 Å². The number of carbonyl (C=O) groups excluding carboxylic acids is 1. The van der Waals surface area contributed by atoms with E-state index in [0.717, 1.165) is 16.4 Å². The Morgan fingerprint density at radius 2 is 1.72 bits per heavy atom. The largest absolute Gasteiger partial charge is 0.495 e. The molecule has 0 aliphatic rings. The lowest BCUT2D eigenvalue weighted by Crippen LogP contribution is -2.26. The fourth-order valence-corrected chi connectivity index (χ4v) is 4.20. The summed E-state index contributed by atoms with van der Waals surface area (Å²) in [6.07, 6.45) is 0. The van der Waals surface area contributed by atoms with E-state index in [0.29, 0.717) is 27.9 Å². The van der Waals surface area contributed by atoms with Gasteiger partial charge in [-0.05, 0) is 66.7 Å². The normalized spacial score (nSPS) is 11.0. The summed E-state index contributed by atoms with van der Waals surface area (Å²) in [4.78, 5) is 12.1. The van der Waals surface area contributed by atoms with Crippen LogP contribution in [-0.2, 0) is 14.8 Å². The first kappa shape index (κ1) is 23.4.